The second kappa shape index (κ2) is 7.27. The van der Waals surface area contributed by atoms with E-state index in [0.717, 1.165) is 37.4 Å². The van der Waals surface area contributed by atoms with Crippen molar-refractivity contribution in [3.8, 4) is 0 Å². The number of hydrogen-bond acceptors (Lipinski definition) is 3. The van der Waals surface area contributed by atoms with Gasteiger partial charge in [0.1, 0.15) is 0 Å². The van der Waals surface area contributed by atoms with Gasteiger partial charge < -0.3 is 9.80 Å². The summed E-state index contributed by atoms with van der Waals surface area (Å²) >= 11 is 0. The van der Waals surface area contributed by atoms with Gasteiger partial charge in [-0.2, -0.15) is 5.10 Å². The third-order valence-electron chi connectivity index (χ3n) is 4.43. The lowest BCUT2D eigenvalue weighted by Crippen LogP contribution is -2.43. The number of likely N-dealkylation sites (tertiary alicyclic amines) is 1. The number of rotatable bonds is 5. The summed E-state index contributed by atoms with van der Waals surface area (Å²) in [6.07, 6.45) is 2.89. The first kappa shape index (κ1) is 17.0. The highest BCUT2D eigenvalue weighted by Gasteiger charge is 2.25. The number of aromatic nitrogens is 2. The minimum Gasteiger partial charge on any atom is -0.342 e. The van der Waals surface area contributed by atoms with Crippen molar-refractivity contribution in [3.63, 3.8) is 0 Å². The van der Waals surface area contributed by atoms with Crippen LogP contribution in [0.2, 0.25) is 0 Å². The van der Waals surface area contributed by atoms with Crippen molar-refractivity contribution in [2.75, 3.05) is 33.7 Å². The molecule has 0 N–H and O–H groups in total. The van der Waals surface area contributed by atoms with Gasteiger partial charge in [0.25, 0.3) is 0 Å². The van der Waals surface area contributed by atoms with Crippen LogP contribution in [0.5, 0.6) is 0 Å². The van der Waals surface area contributed by atoms with E-state index in [1.807, 2.05) is 11.6 Å². The number of piperidine rings is 1. The summed E-state index contributed by atoms with van der Waals surface area (Å²) in [7, 11) is 4.21. The van der Waals surface area contributed by atoms with Crippen LogP contribution in [0.1, 0.15) is 43.6 Å². The van der Waals surface area contributed by atoms with Crippen LogP contribution in [-0.2, 0) is 4.79 Å². The second-order valence-electron chi connectivity index (χ2n) is 7.04. The summed E-state index contributed by atoms with van der Waals surface area (Å²) in [5.41, 5.74) is 2.14. The molecule has 22 heavy (non-hydrogen) atoms. The molecule has 0 spiro atoms. The van der Waals surface area contributed by atoms with Crippen LogP contribution in [0.25, 0.3) is 0 Å². The number of aryl methyl sites for hydroxylation is 2. The van der Waals surface area contributed by atoms with Gasteiger partial charge in [-0.05, 0) is 59.7 Å². The lowest BCUT2D eigenvalue weighted by atomic mass is 9.97. The van der Waals surface area contributed by atoms with E-state index in [9.17, 15) is 4.79 Å². The van der Waals surface area contributed by atoms with Crippen LogP contribution < -0.4 is 0 Å². The fraction of sp³-hybridized carbons (Fsp3) is 0.765. The van der Waals surface area contributed by atoms with E-state index >= 15 is 0 Å². The molecule has 5 nitrogen and oxygen atoms in total. The van der Waals surface area contributed by atoms with Crippen molar-refractivity contribution >= 4 is 5.91 Å². The van der Waals surface area contributed by atoms with Crippen LogP contribution in [0.4, 0.5) is 0 Å². The molecule has 2 unspecified atom stereocenters. The smallest absolute Gasteiger partial charge is 0.224 e. The number of hydrogen-bond donors (Lipinski definition) is 0. The summed E-state index contributed by atoms with van der Waals surface area (Å²) in [6, 6.07) is 2.19. The molecule has 124 valence electrons. The Morgan fingerprint density at radius 2 is 2.18 bits per heavy atom. The van der Waals surface area contributed by atoms with Crippen LogP contribution in [0, 0.1) is 19.8 Å². The zero-order valence-electron chi connectivity index (χ0n) is 14.7. The molecular formula is C17H30N4O. The maximum atomic E-state index is 12.6. The van der Waals surface area contributed by atoms with E-state index in [0.29, 0.717) is 12.3 Å². The van der Waals surface area contributed by atoms with E-state index in [1.165, 1.54) is 6.42 Å². The Bertz CT molecular complexity index is 509. The fourth-order valence-corrected chi connectivity index (χ4v) is 3.52. The third kappa shape index (κ3) is 4.32. The van der Waals surface area contributed by atoms with Crippen molar-refractivity contribution in [3.05, 3.63) is 17.5 Å². The maximum absolute atomic E-state index is 12.6. The normalized spacial score (nSPS) is 20.5. The predicted octanol–water partition coefficient (Wildman–Crippen LogP) is 2.25. The zero-order valence-corrected chi connectivity index (χ0v) is 14.7. The molecule has 1 aromatic heterocycles. The molecule has 0 aliphatic carbocycles. The van der Waals surface area contributed by atoms with Gasteiger partial charge in [-0.25, -0.2) is 0 Å². The van der Waals surface area contributed by atoms with E-state index in [1.54, 1.807) is 0 Å². The zero-order chi connectivity index (χ0) is 16.3. The largest absolute Gasteiger partial charge is 0.342 e. The van der Waals surface area contributed by atoms with Crippen LogP contribution in [-0.4, -0.2) is 59.2 Å². The average Bonchev–Trinajstić information content (AvgIpc) is 2.77. The molecule has 1 aromatic rings. The molecule has 0 bridgehead atoms. The molecule has 0 radical (unpaired) electrons. The summed E-state index contributed by atoms with van der Waals surface area (Å²) in [6.45, 7) is 9.01. The molecular weight excluding hydrogens is 276 g/mol. The standard InChI is InChI=1S/C17H30N4O/c1-13-9-14(2)21(18-13)15(3)10-17(22)20-8-6-7-16(12-20)11-19(4)5/h9,15-16H,6-8,10-12H2,1-5H3. The Kier molecular flexibility index (Phi) is 5.62. The fourth-order valence-electron chi connectivity index (χ4n) is 3.52. The van der Waals surface area contributed by atoms with Crippen LogP contribution in [0.15, 0.2) is 6.07 Å². The second-order valence-corrected chi connectivity index (χ2v) is 7.04. The van der Waals surface area contributed by atoms with Gasteiger partial charge in [0, 0.05) is 31.7 Å². The Morgan fingerprint density at radius 3 is 2.77 bits per heavy atom. The minimum absolute atomic E-state index is 0.121. The van der Waals surface area contributed by atoms with Gasteiger partial charge >= 0.3 is 0 Å². The highest BCUT2D eigenvalue weighted by atomic mass is 16.2. The average molecular weight is 306 g/mol. The van der Waals surface area contributed by atoms with Crippen LogP contribution in [0.3, 0.4) is 0 Å². The molecule has 1 amide bonds. The Balaban J connectivity index is 1.92. The van der Waals surface area contributed by atoms with Crippen molar-refractivity contribution < 1.29 is 4.79 Å². The van der Waals surface area contributed by atoms with E-state index in [2.05, 4.69) is 48.9 Å². The van der Waals surface area contributed by atoms with E-state index < -0.39 is 0 Å². The molecule has 2 heterocycles. The van der Waals surface area contributed by atoms with Crippen LogP contribution >= 0.6 is 0 Å². The molecule has 2 atom stereocenters. The van der Waals surface area contributed by atoms with Gasteiger partial charge in [-0.3, -0.25) is 9.48 Å². The topological polar surface area (TPSA) is 41.4 Å². The molecule has 5 heteroatoms. The lowest BCUT2D eigenvalue weighted by molar-refractivity contribution is -0.133. The van der Waals surface area contributed by atoms with Crippen molar-refractivity contribution in [2.45, 2.75) is 46.1 Å². The lowest BCUT2D eigenvalue weighted by Gasteiger charge is -2.34. The first-order valence-corrected chi connectivity index (χ1v) is 8.32. The predicted molar refractivity (Wildman–Crippen MR) is 88.9 cm³/mol. The van der Waals surface area contributed by atoms with Gasteiger partial charge in [-0.15, -0.1) is 0 Å². The monoisotopic (exact) mass is 306 g/mol. The molecule has 1 aliphatic heterocycles. The van der Waals surface area contributed by atoms with E-state index in [4.69, 9.17) is 0 Å². The molecule has 1 aliphatic rings. The van der Waals surface area contributed by atoms with E-state index in [-0.39, 0.29) is 11.9 Å². The maximum Gasteiger partial charge on any atom is 0.224 e. The Morgan fingerprint density at radius 1 is 1.45 bits per heavy atom. The third-order valence-corrected chi connectivity index (χ3v) is 4.43. The number of amides is 1. The van der Waals surface area contributed by atoms with Gasteiger partial charge in [-0.1, -0.05) is 0 Å². The first-order valence-electron chi connectivity index (χ1n) is 8.32. The number of nitrogens with zero attached hydrogens (tertiary/aromatic N) is 4. The van der Waals surface area contributed by atoms with Crippen molar-refractivity contribution in [1.82, 2.24) is 19.6 Å². The van der Waals surface area contributed by atoms with Crippen molar-refractivity contribution in [2.24, 2.45) is 5.92 Å². The molecule has 2 rings (SSSR count). The minimum atomic E-state index is 0.121. The molecule has 1 saturated heterocycles. The van der Waals surface area contributed by atoms with Gasteiger partial charge in [0.05, 0.1) is 11.7 Å². The van der Waals surface area contributed by atoms with Gasteiger partial charge in [0.2, 0.25) is 5.91 Å². The highest BCUT2D eigenvalue weighted by Crippen LogP contribution is 2.21. The Labute approximate surface area is 134 Å². The summed E-state index contributed by atoms with van der Waals surface area (Å²) < 4.78 is 1.98. The highest BCUT2D eigenvalue weighted by molar-refractivity contribution is 5.76. The summed E-state index contributed by atoms with van der Waals surface area (Å²) in [5, 5.41) is 4.50. The Hall–Kier alpha value is -1.36. The molecule has 1 fully saturated rings. The molecule has 0 saturated carbocycles. The summed E-state index contributed by atoms with van der Waals surface area (Å²) in [4.78, 5) is 16.9. The molecule has 0 aromatic carbocycles. The first-order chi connectivity index (χ1) is 10.4. The number of carbonyl (C=O) groups excluding carboxylic acids is 1. The van der Waals surface area contributed by atoms with Gasteiger partial charge in [0.15, 0.2) is 0 Å². The quantitative estimate of drug-likeness (QED) is 0.838. The number of carbonyl (C=O) groups is 1. The summed E-state index contributed by atoms with van der Waals surface area (Å²) in [5.74, 6) is 0.875. The SMILES string of the molecule is Cc1cc(C)n(C(C)CC(=O)N2CCCC(CN(C)C)C2)n1. The van der Waals surface area contributed by atoms with Crippen molar-refractivity contribution in [1.29, 1.82) is 0 Å².